The largest absolute Gasteiger partial charge is 0.433 e. The molecule has 0 radical (unpaired) electrons. The highest BCUT2D eigenvalue weighted by molar-refractivity contribution is 6.38. The Morgan fingerprint density at radius 2 is 1.84 bits per heavy atom. The van der Waals surface area contributed by atoms with Gasteiger partial charge in [-0.2, -0.15) is 13.2 Å². The maximum absolute atomic E-state index is 14.0. The van der Waals surface area contributed by atoms with Gasteiger partial charge in [0.25, 0.3) is 5.91 Å². The number of alkyl halides is 3. The summed E-state index contributed by atoms with van der Waals surface area (Å²) in [6, 6.07) is -1.02. The van der Waals surface area contributed by atoms with Crippen LogP contribution in [0.4, 0.5) is 18.9 Å². The molecule has 44 heavy (non-hydrogen) atoms. The molecule has 14 heteroatoms. The Balaban J connectivity index is 1.35. The van der Waals surface area contributed by atoms with E-state index in [-0.39, 0.29) is 47.7 Å². The minimum absolute atomic E-state index is 0.0274. The van der Waals surface area contributed by atoms with Crippen molar-refractivity contribution in [1.82, 2.24) is 25.8 Å². The molecule has 3 heterocycles. The molecule has 4 amide bonds. The fraction of sp³-hybridized carbons (Fsp3) is 0.667. The van der Waals surface area contributed by atoms with E-state index in [1.807, 2.05) is 0 Å². The van der Waals surface area contributed by atoms with E-state index < -0.39 is 53.5 Å². The minimum atomic E-state index is -4.60. The number of carbonyl (C=O) groups excluding carboxylic acids is 5. The molecule has 4 fully saturated rings. The fourth-order valence-corrected chi connectivity index (χ4v) is 6.67. The molecular weight excluding hydrogens is 581 g/mol. The normalized spacial score (nSPS) is 26.1. The minimum Gasteiger partial charge on any atom is -0.372 e. The van der Waals surface area contributed by atoms with Crippen LogP contribution in [0.1, 0.15) is 64.5 Å². The van der Waals surface area contributed by atoms with Gasteiger partial charge in [-0.25, -0.2) is 4.98 Å². The number of amides is 4. The van der Waals surface area contributed by atoms with Gasteiger partial charge in [0.1, 0.15) is 17.8 Å². The topological polar surface area (TPSA) is 150 Å². The van der Waals surface area contributed by atoms with Gasteiger partial charge in [-0.3, -0.25) is 24.0 Å². The lowest BCUT2D eigenvalue weighted by molar-refractivity contribution is -0.143. The number of halogens is 3. The number of nitrogens with zero attached hydrogens (tertiary/aromatic N) is 2. The number of ketones is 1. The molecule has 11 nitrogen and oxygen atoms in total. The highest BCUT2D eigenvalue weighted by atomic mass is 19.4. The monoisotopic (exact) mass is 620 g/mol. The summed E-state index contributed by atoms with van der Waals surface area (Å²) in [5, 5.41) is 11.1. The van der Waals surface area contributed by atoms with E-state index in [1.165, 1.54) is 11.0 Å². The van der Waals surface area contributed by atoms with Crippen LogP contribution in [-0.2, 0) is 30.1 Å². The first kappa shape index (κ1) is 31.7. The summed E-state index contributed by atoms with van der Waals surface area (Å²) >= 11 is 0. The van der Waals surface area contributed by atoms with Crippen molar-refractivity contribution in [3.05, 3.63) is 24.0 Å². The molecule has 0 bridgehead atoms. The lowest BCUT2D eigenvalue weighted by Gasteiger charge is -2.33. The SMILES string of the molecule is CC(C)[C@H](Nc1ccc(C(F)(F)F)nc1)C(=O)N1C[C@@H]2CCC[C@@H]2[C@H]1C(=O)N[C@@H](C[C@@H]1CCNC1=O)C(=O)C(=O)NC1CC1. The van der Waals surface area contributed by atoms with Crippen LogP contribution in [0.2, 0.25) is 0 Å². The van der Waals surface area contributed by atoms with E-state index in [0.29, 0.717) is 25.9 Å². The Morgan fingerprint density at radius 1 is 1.09 bits per heavy atom. The van der Waals surface area contributed by atoms with E-state index >= 15 is 0 Å². The molecule has 1 aromatic rings. The third kappa shape index (κ3) is 6.99. The number of anilines is 1. The zero-order valence-corrected chi connectivity index (χ0v) is 24.8. The Morgan fingerprint density at radius 3 is 2.43 bits per heavy atom. The van der Waals surface area contributed by atoms with Crippen LogP contribution in [0.5, 0.6) is 0 Å². The van der Waals surface area contributed by atoms with Gasteiger partial charge in [0, 0.05) is 25.0 Å². The highest BCUT2D eigenvalue weighted by Crippen LogP contribution is 2.43. The van der Waals surface area contributed by atoms with Crippen LogP contribution in [0.25, 0.3) is 0 Å². The molecule has 0 spiro atoms. The van der Waals surface area contributed by atoms with Crippen molar-refractivity contribution in [3.8, 4) is 0 Å². The summed E-state index contributed by atoms with van der Waals surface area (Å²) in [5.74, 6) is -3.71. The average Bonchev–Trinajstić information content (AvgIpc) is 3.32. The van der Waals surface area contributed by atoms with Crippen LogP contribution >= 0.6 is 0 Å². The zero-order chi connectivity index (χ0) is 31.8. The number of pyridine rings is 1. The molecule has 1 aromatic heterocycles. The number of Topliss-reactive ketones (excluding diaryl/α,β-unsaturated/α-hetero) is 1. The maximum atomic E-state index is 14.0. The molecule has 0 aromatic carbocycles. The molecule has 5 rings (SSSR count). The van der Waals surface area contributed by atoms with Crippen LogP contribution < -0.4 is 21.3 Å². The summed E-state index contributed by atoms with van der Waals surface area (Å²) in [5.41, 5.74) is -0.822. The van der Waals surface area contributed by atoms with E-state index in [0.717, 1.165) is 37.9 Å². The number of fused-ring (bicyclic) bond motifs is 1. The van der Waals surface area contributed by atoms with Crippen molar-refractivity contribution in [1.29, 1.82) is 0 Å². The summed E-state index contributed by atoms with van der Waals surface area (Å²) in [7, 11) is 0. The number of hydrogen-bond donors (Lipinski definition) is 4. The van der Waals surface area contributed by atoms with Crippen LogP contribution in [0.15, 0.2) is 18.3 Å². The van der Waals surface area contributed by atoms with Gasteiger partial charge in [-0.15, -0.1) is 0 Å². The predicted octanol–water partition coefficient (Wildman–Crippen LogP) is 2.02. The Hall–Kier alpha value is -3.71. The lowest BCUT2D eigenvalue weighted by Crippen LogP contribution is -2.57. The van der Waals surface area contributed by atoms with Gasteiger partial charge in [-0.1, -0.05) is 20.3 Å². The fourth-order valence-electron chi connectivity index (χ4n) is 6.67. The van der Waals surface area contributed by atoms with E-state index in [2.05, 4.69) is 26.3 Å². The van der Waals surface area contributed by atoms with Gasteiger partial charge in [-0.05, 0) is 68.4 Å². The maximum Gasteiger partial charge on any atom is 0.433 e. The first-order valence-corrected chi connectivity index (χ1v) is 15.4. The highest BCUT2D eigenvalue weighted by Gasteiger charge is 2.51. The van der Waals surface area contributed by atoms with Crippen LogP contribution in [0, 0.1) is 23.7 Å². The van der Waals surface area contributed by atoms with Crippen molar-refractivity contribution in [2.24, 2.45) is 23.7 Å². The molecular formula is C30H39F3N6O5. The first-order chi connectivity index (χ1) is 20.8. The Kier molecular flexibility index (Phi) is 9.17. The summed E-state index contributed by atoms with van der Waals surface area (Å²) in [4.78, 5) is 71.3. The van der Waals surface area contributed by atoms with E-state index in [9.17, 15) is 37.1 Å². The summed E-state index contributed by atoms with van der Waals surface area (Å²) in [6.45, 7) is 4.35. The number of hydrogen-bond acceptors (Lipinski definition) is 7. The molecule has 0 unspecified atom stereocenters. The van der Waals surface area contributed by atoms with Gasteiger partial charge >= 0.3 is 6.18 Å². The molecule has 4 aliphatic rings. The predicted molar refractivity (Wildman–Crippen MR) is 152 cm³/mol. The number of likely N-dealkylation sites (tertiary alicyclic amines) is 1. The zero-order valence-electron chi connectivity index (χ0n) is 24.8. The lowest BCUT2D eigenvalue weighted by atomic mass is 9.91. The standard InChI is InChI=1S/C30H39F3N6O5/c1-15(2)23(36-19-8-9-22(35-13-19)30(31,32)33)29(44)39-14-17-4-3-5-20(17)24(39)27(42)38-21(12-16-10-11-34-26(16)41)25(40)28(43)37-18-6-7-18/h8-9,13,15-18,20-21,23-24,36H,3-7,10-12,14H2,1-2H3,(H,34,41)(H,37,43)(H,38,42)/t16-,17-,20-,21-,23-,24-/m0/s1. The third-order valence-corrected chi connectivity index (χ3v) is 9.20. The molecule has 2 saturated carbocycles. The van der Waals surface area contributed by atoms with Gasteiger partial charge in [0.05, 0.1) is 17.9 Å². The van der Waals surface area contributed by atoms with Crippen LogP contribution in [0.3, 0.4) is 0 Å². The second kappa shape index (κ2) is 12.7. The summed E-state index contributed by atoms with van der Waals surface area (Å²) in [6.07, 6.45) is 0.848. The van der Waals surface area contributed by atoms with E-state index in [4.69, 9.17) is 0 Å². The number of rotatable bonds is 11. The van der Waals surface area contributed by atoms with Gasteiger partial charge in [0.15, 0.2) is 0 Å². The summed E-state index contributed by atoms with van der Waals surface area (Å²) < 4.78 is 39.0. The number of carbonyl (C=O) groups is 5. The Labute approximate surface area is 253 Å². The van der Waals surface area contributed by atoms with Crippen molar-refractivity contribution >= 4 is 35.1 Å². The smallest absolute Gasteiger partial charge is 0.372 e. The van der Waals surface area contributed by atoms with Gasteiger partial charge < -0.3 is 26.2 Å². The van der Waals surface area contributed by atoms with Crippen molar-refractivity contribution in [2.45, 2.75) is 89.1 Å². The molecule has 2 saturated heterocycles. The molecule has 2 aliphatic carbocycles. The second-order valence-electron chi connectivity index (χ2n) is 12.8. The molecule has 240 valence electrons. The van der Waals surface area contributed by atoms with E-state index in [1.54, 1.807) is 13.8 Å². The van der Waals surface area contributed by atoms with Crippen LogP contribution in [-0.4, -0.2) is 76.6 Å². The molecule has 6 atom stereocenters. The Bertz CT molecular complexity index is 1280. The van der Waals surface area contributed by atoms with Gasteiger partial charge in [0.2, 0.25) is 23.5 Å². The quantitative estimate of drug-likeness (QED) is 0.277. The molecule has 4 N–H and O–H groups in total. The van der Waals surface area contributed by atoms with Crippen molar-refractivity contribution in [2.75, 3.05) is 18.4 Å². The average molecular weight is 621 g/mol. The third-order valence-electron chi connectivity index (χ3n) is 9.20. The second-order valence-corrected chi connectivity index (χ2v) is 12.8. The number of nitrogens with one attached hydrogen (secondary N) is 4. The first-order valence-electron chi connectivity index (χ1n) is 15.4. The van der Waals surface area contributed by atoms with Crippen molar-refractivity contribution in [3.63, 3.8) is 0 Å². The molecule has 2 aliphatic heterocycles. The van der Waals surface area contributed by atoms with Crippen molar-refractivity contribution < 1.29 is 37.1 Å². The number of aromatic nitrogens is 1.